The summed E-state index contributed by atoms with van der Waals surface area (Å²) in [6.07, 6.45) is 2.83. The average Bonchev–Trinajstić information content (AvgIpc) is 2.67. The molecule has 13 heavy (non-hydrogen) atoms. The topological polar surface area (TPSA) is 9.23 Å². The molecule has 1 aromatic rings. The van der Waals surface area contributed by atoms with E-state index in [-0.39, 0.29) is 0 Å². The molecule has 0 saturated carbocycles. The highest BCUT2D eigenvalue weighted by molar-refractivity contribution is 5.20. The molecule has 1 aromatic carbocycles. The van der Waals surface area contributed by atoms with Crippen LogP contribution in [0.5, 0.6) is 0 Å². The zero-order chi connectivity index (χ0) is 9.10. The summed E-state index contributed by atoms with van der Waals surface area (Å²) in [5.74, 6) is 0.631. The van der Waals surface area contributed by atoms with Gasteiger partial charge < -0.3 is 4.74 Å². The molecule has 0 bridgehead atoms. The third kappa shape index (κ3) is 1.92. The number of rotatable bonds is 2. The van der Waals surface area contributed by atoms with E-state index >= 15 is 0 Å². The standard InChI is InChI=1S/C12H16O/c1-2-12-8-11(9-13-12)10-6-4-3-5-7-10/h3-7,11-12H,2,8-9H2,1H3/t11-,12+/m0/s1. The molecule has 1 aliphatic heterocycles. The highest BCUT2D eigenvalue weighted by Crippen LogP contribution is 2.30. The summed E-state index contributed by atoms with van der Waals surface area (Å²) in [6, 6.07) is 10.7. The molecular weight excluding hydrogens is 160 g/mol. The highest BCUT2D eigenvalue weighted by atomic mass is 16.5. The van der Waals surface area contributed by atoms with Gasteiger partial charge in [0.2, 0.25) is 0 Å². The molecule has 0 aromatic heterocycles. The third-order valence-electron chi connectivity index (χ3n) is 2.81. The molecule has 1 fully saturated rings. The van der Waals surface area contributed by atoms with Crippen LogP contribution in [0.4, 0.5) is 0 Å². The molecule has 2 atom stereocenters. The Bertz CT molecular complexity index is 255. The summed E-state index contributed by atoms with van der Waals surface area (Å²) in [5, 5.41) is 0. The van der Waals surface area contributed by atoms with Gasteiger partial charge in [-0.2, -0.15) is 0 Å². The first-order valence-electron chi connectivity index (χ1n) is 5.06. The van der Waals surface area contributed by atoms with E-state index < -0.39 is 0 Å². The normalized spacial score (nSPS) is 27.8. The lowest BCUT2D eigenvalue weighted by Gasteiger charge is -2.07. The van der Waals surface area contributed by atoms with E-state index in [0.717, 1.165) is 13.0 Å². The maximum atomic E-state index is 5.67. The smallest absolute Gasteiger partial charge is 0.0579 e. The van der Waals surface area contributed by atoms with Gasteiger partial charge in [-0.3, -0.25) is 0 Å². The first-order chi connectivity index (χ1) is 6.40. The van der Waals surface area contributed by atoms with Crippen molar-refractivity contribution in [1.29, 1.82) is 0 Å². The molecule has 2 rings (SSSR count). The minimum absolute atomic E-state index is 0.491. The molecule has 1 saturated heterocycles. The Balaban J connectivity index is 2.04. The van der Waals surface area contributed by atoms with Crippen LogP contribution in [0.3, 0.4) is 0 Å². The Morgan fingerprint density at radius 2 is 2.08 bits per heavy atom. The summed E-state index contributed by atoms with van der Waals surface area (Å²) < 4.78 is 5.67. The van der Waals surface area contributed by atoms with Crippen molar-refractivity contribution in [2.75, 3.05) is 6.61 Å². The first kappa shape index (κ1) is 8.76. The molecule has 0 N–H and O–H groups in total. The van der Waals surface area contributed by atoms with Crippen LogP contribution in [-0.2, 0) is 4.74 Å². The monoisotopic (exact) mass is 176 g/mol. The van der Waals surface area contributed by atoms with E-state index in [9.17, 15) is 0 Å². The van der Waals surface area contributed by atoms with Crippen molar-refractivity contribution < 1.29 is 4.74 Å². The number of hydrogen-bond donors (Lipinski definition) is 0. The Kier molecular flexibility index (Phi) is 2.65. The van der Waals surface area contributed by atoms with Crippen LogP contribution >= 0.6 is 0 Å². The Labute approximate surface area is 79.7 Å². The predicted octanol–water partition coefficient (Wildman–Crippen LogP) is 2.97. The second-order valence-corrected chi connectivity index (χ2v) is 3.71. The van der Waals surface area contributed by atoms with Crippen molar-refractivity contribution in [2.24, 2.45) is 0 Å². The van der Waals surface area contributed by atoms with E-state index in [2.05, 4.69) is 37.3 Å². The molecule has 0 radical (unpaired) electrons. The van der Waals surface area contributed by atoms with Crippen molar-refractivity contribution >= 4 is 0 Å². The summed E-state index contributed by atoms with van der Waals surface area (Å²) in [4.78, 5) is 0. The number of ether oxygens (including phenoxy) is 1. The van der Waals surface area contributed by atoms with Gasteiger partial charge in [-0.25, -0.2) is 0 Å². The quantitative estimate of drug-likeness (QED) is 0.673. The molecule has 0 spiro atoms. The molecule has 1 heteroatoms. The maximum absolute atomic E-state index is 5.67. The lowest BCUT2D eigenvalue weighted by molar-refractivity contribution is 0.107. The van der Waals surface area contributed by atoms with Gasteiger partial charge in [0, 0.05) is 5.92 Å². The molecule has 0 aliphatic carbocycles. The molecule has 1 nitrogen and oxygen atoms in total. The van der Waals surface area contributed by atoms with Crippen molar-refractivity contribution in [3.05, 3.63) is 35.9 Å². The van der Waals surface area contributed by atoms with Gasteiger partial charge in [0.15, 0.2) is 0 Å². The van der Waals surface area contributed by atoms with Gasteiger partial charge in [0.05, 0.1) is 12.7 Å². The molecule has 1 heterocycles. The van der Waals surface area contributed by atoms with Gasteiger partial charge in [-0.15, -0.1) is 0 Å². The lowest BCUT2D eigenvalue weighted by Crippen LogP contribution is -2.01. The Morgan fingerprint density at radius 1 is 1.31 bits per heavy atom. The molecular formula is C12H16O. The molecule has 0 amide bonds. The predicted molar refractivity (Wildman–Crippen MR) is 53.8 cm³/mol. The Morgan fingerprint density at radius 3 is 2.69 bits per heavy atom. The van der Waals surface area contributed by atoms with E-state index in [4.69, 9.17) is 4.74 Å². The number of hydrogen-bond acceptors (Lipinski definition) is 1. The van der Waals surface area contributed by atoms with Crippen LogP contribution in [0.25, 0.3) is 0 Å². The summed E-state index contributed by atoms with van der Waals surface area (Å²) in [6.45, 7) is 3.10. The zero-order valence-electron chi connectivity index (χ0n) is 8.07. The average molecular weight is 176 g/mol. The van der Waals surface area contributed by atoms with Gasteiger partial charge >= 0.3 is 0 Å². The van der Waals surface area contributed by atoms with Crippen LogP contribution < -0.4 is 0 Å². The van der Waals surface area contributed by atoms with Crippen LogP contribution in [0.1, 0.15) is 31.2 Å². The van der Waals surface area contributed by atoms with E-state index in [1.165, 1.54) is 12.0 Å². The fourth-order valence-electron chi connectivity index (χ4n) is 1.95. The van der Waals surface area contributed by atoms with Crippen LogP contribution in [0.2, 0.25) is 0 Å². The summed E-state index contributed by atoms with van der Waals surface area (Å²) >= 11 is 0. The van der Waals surface area contributed by atoms with Crippen molar-refractivity contribution in [3.63, 3.8) is 0 Å². The van der Waals surface area contributed by atoms with Crippen molar-refractivity contribution in [3.8, 4) is 0 Å². The van der Waals surface area contributed by atoms with Gasteiger partial charge in [-0.05, 0) is 18.4 Å². The van der Waals surface area contributed by atoms with Crippen molar-refractivity contribution in [2.45, 2.75) is 31.8 Å². The van der Waals surface area contributed by atoms with Gasteiger partial charge in [0.25, 0.3) is 0 Å². The minimum atomic E-state index is 0.491. The Hall–Kier alpha value is -0.820. The van der Waals surface area contributed by atoms with Gasteiger partial charge in [-0.1, -0.05) is 37.3 Å². The molecule has 0 unspecified atom stereocenters. The fraction of sp³-hybridized carbons (Fsp3) is 0.500. The van der Waals surface area contributed by atoms with Crippen molar-refractivity contribution in [1.82, 2.24) is 0 Å². The lowest BCUT2D eigenvalue weighted by atomic mass is 9.96. The maximum Gasteiger partial charge on any atom is 0.0579 e. The fourth-order valence-corrected chi connectivity index (χ4v) is 1.95. The van der Waals surface area contributed by atoms with Crippen LogP contribution in [-0.4, -0.2) is 12.7 Å². The van der Waals surface area contributed by atoms with E-state index in [1.807, 2.05) is 0 Å². The summed E-state index contributed by atoms with van der Waals surface area (Å²) in [5.41, 5.74) is 1.43. The second-order valence-electron chi connectivity index (χ2n) is 3.71. The highest BCUT2D eigenvalue weighted by Gasteiger charge is 2.24. The van der Waals surface area contributed by atoms with E-state index in [0.29, 0.717) is 12.0 Å². The zero-order valence-corrected chi connectivity index (χ0v) is 8.07. The van der Waals surface area contributed by atoms with Crippen LogP contribution in [0, 0.1) is 0 Å². The number of benzene rings is 1. The summed E-state index contributed by atoms with van der Waals surface area (Å²) in [7, 11) is 0. The second kappa shape index (κ2) is 3.93. The van der Waals surface area contributed by atoms with E-state index in [1.54, 1.807) is 0 Å². The molecule has 70 valence electrons. The first-order valence-corrected chi connectivity index (χ1v) is 5.06. The third-order valence-corrected chi connectivity index (χ3v) is 2.81. The molecule has 1 aliphatic rings. The largest absolute Gasteiger partial charge is 0.378 e. The van der Waals surface area contributed by atoms with Crippen LogP contribution in [0.15, 0.2) is 30.3 Å². The minimum Gasteiger partial charge on any atom is -0.378 e. The van der Waals surface area contributed by atoms with Gasteiger partial charge in [0.1, 0.15) is 0 Å². The SMILES string of the molecule is CC[C@@H]1C[C@H](c2ccccc2)CO1.